The van der Waals surface area contributed by atoms with Gasteiger partial charge in [-0.2, -0.15) is 0 Å². The van der Waals surface area contributed by atoms with Gasteiger partial charge in [-0.15, -0.1) is 0 Å². The van der Waals surface area contributed by atoms with E-state index in [0.29, 0.717) is 11.4 Å². The zero-order valence-electron chi connectivity index (χ0n) is 13.4. The second-order valence-electron chi connectivity index (χ2n) is 5.73. The average Bonchev–Trinajstić information content (AvgIpc) is 2.54. The number of hydrogen-bond donors (Lipinski definition) is 1. The number of rotatable bonds is 2. The van der Waals surface area contributed by atoms with Crippen LogP contribution in [-0.4, -0.2) is 27.1 Å². The fourth-order valence-electron chi connectivity index (χ4n) is 2.53. The van der Waals surface area contributed by atoms with Crippen LogP contribution in [0.1, 0.15) is 12.5 Å². The second-order valence-corrected chi connectivity index (χ2v) is 7.41. The third kappa shape index (κ3) is 3.21. The van der Waals surface area contributed by atoms with Crippen LogP contribution in [-0.2, 0) is 10.0 Å². The summed E-state index contributed by atoms with van der Waals surface area (Å²) >= 11 is 0. The Morgan fingerprint density at radius 1 is 1.17 bits per heavy atom. The smallest absolute Gasteiger partial charge is 0.336 e. The molecule has 0 spiro atoms. The van der Waals surface area contributed by atoms with Gasteiger partial charge in [0.1, 0.15) is 11.9 Å². The Morgan fingerprint density at radius 2 is 1.83 bits per heavy atom. The van der Waals surface area contributed by atoms with Crippen molar-refractivity contribution < 1.29 is 17.9 Å². The van der Waals surface area contributed by atoms with Gasteiger partial charge < -0.3 is 4.74 Å². The maximum absolute atomic E-state index is 12.5. The van der Waals surface area contributed by atoms with E-state index in [1.165, 1.54) is 17.0 Å². The number of anilines is 1. The number of para-hydroxylation sites is 2. The third-order valence-corrected chi connectivity index (χ3v) is 5.06. The molecule has 0 aromatic heterocycles. The van der Waals surface area contributed by atoms with Gasteiger partial charge in [0.2, 0.25) is 0 Å². The SMILES string of the molecule is Cc1ccc(S(=O)(=O)NC(=O)N2CC(C)Oc3ccccc32)cc1. The van der Waals surface area contributed by atoms with E-state index in [0.717, 1.165) is 5.56 Å². The molecule has 1 aliphatic heterocycles. The highest BCUT2D eigenvalue weighted by Gasteiger charge is 2.30. The number of sulfonamides is 1. The van der Waals surface area contributed by atoms with Crippen LogP contribution in [0.25, 0.3) is 0 Å². The second kappa shape index (κ2) is 6.16. The van der Waals surface area contributed by atoms with Crippen molar-refractivity contribution in [2.24, 2.45) is 0 Å². The first-order valence-electron chi connectivity index (χ1n) is 7.53. The van der Waals surface area contributed by atoms with Gasteiger partial charge in [-0.25, -0.2) is 17.9 Å². The normalized spacial score (nSPS) is 16.9. The molecule has 0 saturated carbocycles. The van der Waals surface area contributed by atoms with Crippen LogP contribution in [0.5, 0.6) is 5.75 Å². The summed E-state index contributed by atoms with van der Waals surface area (Å²) in [7, 11) is -3.93. The molecule has 6 nitrogen and oxygen atoms in total. The third-order valence-electron chi connectivity index (χ3n) is 3.72. The van der Waals surface area contributed by atoms with Gasteiger partial charge in [0, 0.05) is 0 Å². The van der Waals surface area contributed by atoms with Crippen LogP contribution >= 0.6 is 0 Å². The first kappa shape index (κ1) is 16.3. The highest BCUT2D eigenvalue weighted by molar-refractivity contribution is 7.90. The Balaban J connectivity index is 1.86. The van der Waals surface area contributed by atoms with Crippen LogP contribution in [0.15, 0.2) is 53.4 Å². The molecule has 0 bridgehead atoms. The van der Waals surface area contributed by atoms with Crippen molar-refractivity contribution >= 4 is 21.7 Å². The Bertz CT molecular complexity index is 862. The molecule has 126 valence electrons. The molecule has 24 heavy (non-hydrogen) atoms. The van der Waals surface area contributed by atoms with E-state index >= 15 is 0 Å². The number of carbonyl (C=O) groups is 1. The first-order valence-corrected chi connectivity index (χ1v) is 9.02. The number of ether oxygens (including phenoxy) is 1. The molecular weight excluding hydrogens is 328 g/mol. The fraction of sp³-hybridized carbons (Fsp3) is 0.235. The number of benzene rings is 2. The van der Waals surface area contributed by atoms with Crippen molar-refractivity contribution in [2.75, 3.05) is 11.4 Å². The van der Waals surface area contributed by atoms with Crippen molar-refractivity contribution in [1.82, 2.24) is 4.72 Å². The van der Waals surface area contributed by atoms with Crippen molar-refractivity contribution in [3.8, 4) is 5.75 Å². The standard InChI is InChI=1S/C17H18N2O4S/c1-12-7-9-14(10-8-12)24(21,22)18-17(20)19-11-13(2)23-16-6-4-3-5-15(16)19/h3-10,13H,11H2,1-2H3,(H,18,20). The van der Waals surface area contributed by atoms with Crippen LogP contribution < -0.4 is 14.4 Å². The maximum atomic E-state index is 12.5. The molecule has 1 heterocycles. The molecule has 1 unspecified atom stereocenters. The molecule has 1 N–H and O–H groups in total. The van der Waals surface area contributed by atoms with Gasteiger partial charge in [0.25, 0.3) is 10.0 Å². The van der Waals surface area contributed by atoms with Gasteiger partial charge in [-0.05, 0) is 38.1 Å². The predicted octanol–water partition coefficient (Wildman–Crippen LogP) is 2.68. The molecule has 0 saturated heterocycles. The summed E-state index contributed by atoms with van der Waals surface area (Å²) < 4.78 is 32.6. The lowest BCUT2D eigenvalue weighted by Crippen LogP contribution is -2.48. The Morgan fingerprint density at radius 3 is 2.54 bits per heavy atom. The average molecular weight is 346 g/mol. The largest absolute Gasteiger partial charge is 0.487 e. The molecule has 2 aromatic carbocycles. The van der Waals surface area contributed by atoms with E-state index in [-0.39, 0.29) is 17.5 Å². The summed E-state index contributed by atoms with van der Waals surface area (Å²) in [6.07, 6.45) is -0.229. The van der Waals surface area contributed by atoms with E-state index in [1.54, 1.807) is 36.4 Å². The number of amides is 2. The van der Waals surface area contributed by atoms with E-state index in [2.05, 4.69) is 4.72 Å². The number of urea groups is 1. The van der Waals surface area contributed by atoms with Crippen LogP contribution in [0, 0.1) is 6.92 Å². The highest BCUT2D eigenvalue weighted by atomic mass is 32.2. The number of nitrogens with one attached hydrogen (secondary N) is 1. The molecule has 0 radical (unpaired) electrons. The van der Waals surface area contributed by atoms with Crippen LogP contribution in [0.4, 0.5) is 10.5 Å². The summed E-state index contributed by atoms with van der Waals surface area (Å²) in [5.41, 5.74) is 1.49. The molecule has 1 aliphatic rings. The Hall–Kier alpha value is -2.54. The summed E-state index contributed by atoms with van der Waals surface area (Å²) in [5.74, 6) is 0.555. The molecular formula is C17H18N2O4S. The van der Waals surface area contributed by atoms with Gasteiger partial charge in [-0.1, -0.05) is 29.8 Å². The molecule has 3 rings (SSSR count). The van der Waals surface area contributed by atoms with Crippen LogP contribution in [0.2, 0.25) is 0 Å². The zero-order valence-corrected chi connectivity index (χ0v) is 14.2. The van der Waals surface area contributed by atoms with Gasteiger partial charge in [0.05, 0.1) is 17.1 Å². The number of hydrogen-bond acceptors (Lipinski definition) is 4. The maximum Gasteiger partial charge on any atom is 0.336 e. The fourth-order valence-corrected chi connectivity index (χ4v) is 3.48. The Labute approximate surface area is 141 Å². The number of nitrogens with zero attached hydrogens (tertiary/aromatic N) is 1. The van der Waals surface area contributed by atoms with Gasteiger partial charge >= 0.3 is 6.03 Å². The van der Waals surface area contributed by atoms with E-state index < -0.39 is 16.1 Å². The topological polar surface area (TPSA) is 75.7 Å². The predicted molar refractivity (Wildman–Crippen MR) is 90.8 cm³/mol. The van der Waals surface area contributed by atoms with Crippen molar-refractivity contribution in [2.45, 2.75) is 24.8 Å². The molecule has 2 amide bonds. The monoisotopic (exact) mass is 346 g/mol. The molecule has 7 heteroatoms. The minimum atomic E-state index is -3.93. The first-order chi connectivity index (χ1) is 11.4. The number of aryl methyl sites for hydroxylation is 1. The minimum absolute atomic E-state index is 0.0519. The van der Waals surface area contributed by atoms with Crippen molar-refractivity contribution in [3.05, 3.63) is 54.1 Å². The molecule has 1 atom stereocenters. The van der Waals surface area contributed by atoms with Gasteiger partial charge in [0.15, 0.2) is 0 Å². The Kier molecular flexibility index (Phi) is 4.19. The van der Waals surface area contributed by atoms with Crippen LogP contribution in [0.3, 0.4) is 0 Å². The summed E-state index contributed by atoms with van der Waals surface area (Å²) in [6, 6.07) is 12.7. The van der Waals surface area contributed by atoms with E-state index in [9.17, 15) is 13.2 Å². The molecule has 2 aromatic rings. The van der Waals surface area contributed by atoms with E-state index in [4.69, 9.17) is 4.74 Å². The quantitative estimate of drug-likeness (QED) is 0.907. The summed E-state index contributed by atoms with van der Waals surface area (Å²) in [4.78, 5) is 14.0. The molecule has 0 aliphatic carbocycles. The minimum Gasteiger partial charge on any atom is -0.487 e. The highest BCUT2D eigenvalue weighted by Crippen LogP contribution is 2.33. The van der Waals surface area contributed by atoms with E-state index in [1.807, 2.05) is 13.8 Å². The zero-order chi connectivity index (χ0) is 17.3. The number of fused-ring (bicyclic) bond motifs is 1. The van der Waals surface area contributed by atoms with Crippen molar-refractivity contribution in [1.29, 1.82) is 0 Å². The summed E-state index contributed by atoms with van der Waals surface area (Å²) in [5, 5.41) is 0. The van der Waals surface area contributed by atoms with Crippen molar-refractivity contribution in [3.63, 3.8) is 0 Å². The number of carbonyl (C=O) groups excluding carboxylic acids is 1. The lowest BCUT2D eigenvalue weighted by Gasteiger charge is -2.33. The lowest BCUT2D eigenvalue weighted by atomic mass is 10.2. The lowest BCUT2D eigenvalue weighted by molar-refractivity contribution is 0.207. The summed E-state index contributed by atoms with van der Waals surface area (Å²) in [6.45, 7) is 3.96. The van der Waals surface area contributed by atoms with Gasteiger partial charge in [-0.3, -0.25) is 4.90 Å². The molecule has 0 fully saturated rings.